The van der Waals surface area contributed by atoms with E-state index in [1.165, 1.54) is 0 Å². The molecule has 7 nitrogen and oxygen atoms in total. The number of nitrogens with zero attached hydrogens (tertiary/aromatic N) is 2. The van der Waals surface area contributed by atoms with Crippen molar-refractivity contribution in [3.8, 4) is 11.5 Å². The molecule has 0 radical (unpaired) electrons. The van der Waals surface area contributed by atoms with Crippen molar-refractivity contribution >= 4 is 28.7 Å². The number of carbonyl (C=O) groups is 1. The van der Waals surface area contributed by atoms with Crippen LogP contribution in [0.25, 0.3) is 11.0 Å². The van der Waals surface area contributed by atoms with E-state index in [1.54, 1.807) is 17.8 Å². The Balaban J connectivity index is 1.51. The third-order valence-electron chi connectivity index (χ3n) is 5.45. The number of hydrogen-bond donors (Lipinski definition) is 3. The molecule has 1 aromatic heterocycles. The van der Waals surface area contributed by atoms with Gasteiger partial charge in [-0.2, -0.15) is 0 Å². The molecule has 0 spiro atoms. The molecule has 1 fully saturated rings. The van der Waals surface area contributed by atoms with Gasteiger partial charge in [0.05, 0.1) is 23.7 Å². The van der Waals surface area contributed by atoms with Gasteiger partial charge >= 0.3 is 0 Å². The summed E-state index contributed by atoms with van der Waals surface area (Å²) in [5, 5.41) is 14.2. The average molecular weight is 455 g/mol. The maximum atomic E-state index is 13.0. The number of para-hydroxylation sites is 2. The first-order valence-corrected chi connectivity index (χ1v) is 11.9. The molecule has 0 bridgehead atoms. The van der Waals surface area contributed by atoms with Crippen LogP contribution in [0.3, 0.4) is 0 Å². The molecule has 1 saturated heterocycles. The summed E-state index contributed by atoms with van der Waals surface area (Å²) in [6, 6.07) is 13.3. The van der Waals surface area contributed by atoms with Crippen molar-refractivity contribution in [2.45, 2.75) is 56.2 Å². The summed E-state index contributed by atoms with van der Waals surface area (Å²) in [5.41, 5.74) is 2.97. The molecule has 1 amide bonds. The summed E-state index contributed by atoms with van der Waals surface area (Å²) in [7, 11) is 0. The zero-order chi connectivity index (χ0) is 22.7. The van der Waals surface area contributed by atoms with Crippen molar-refractivity contribution in [1.82, 2.24) is 20.2 Å². The Hall–Kier alpha value is -2.71. The molecule has 2 aromatic carbocycles. The Morgan fingerprint density at radius 2 is 2.16 bits per heavy atom. The lowest BCUT2D eigenvalue weighted by Crippen LogP contribution is -2.45. The average Bonchev–Trinajstić information content (AvgIpc) is 3.33. The van der Waals surface area contributed by atoms with Crippen LogP contribution in [0.2, 0.25) is 0 Å². The van der Waals surface area contributed by atoms with E-state index in [1.807, 2.05) is 57.2 Å². The Morgan fingerprint density at radius 1 is 1.34 bits per heavy atom. The maximum absolute atomic E-state index is 13.0. The first-order valence-electron chi connectivity index (χ1n) is 11.0. The number of benzene rings is 2. The second-order valence-electron chi connectivity index (χ2n) is 8.38. The Kier molecular flexibility index (Phi) is 6.91. The third kappa shape index (κ3) is 5.19. The van der Waals surface area contributed by atoms with Gasteiger partial charge in [-0.05, 0) is 57.0 Å². The van der Waals surface area contributed by atoms with Crippen LogP contribution >= 0.6 is 11.8 Å². The molecule has 0 unspecified atom stereocenters. The summed E-state index contributed by atoms with van der Waals surface area (Å²) in [5.74, 6) is 0.654. The number of aromatic amines is 1. The number of fused-ring (bicyclic) bond motifs is 1. The van der Waals surface area contributed by atoms with Crippen molar-refractivity contribution in [3.63, 3.8) is 0 Å². The number of carbonyl (C=O) groups excluding carboxylic acids is 1. The zero-order valence-electron chi connectivity index (χ0n) is 18.7. The Bertz CT molecular complexity index is 1050. The summed E-state index contributed by atoms with van der Waals surface area (Å²) in [4.78, 5) is 23.2. The van der Waals surface area contributed by atoms with Gasteiger partial charge in [0.1, 0.15) is 0 Å². The van der Waals surface area contributed by atoms with Crippen molar-refractivity contribution in [3.05, 3.63) is 48.0 Å². The highest BCUT2D eigenvalue weighted by molar-refractivity contribution is 7.99. The van der Waals surface area contributed by atoms with E-state index in [2.05, 4.69) is 20.2 Å². The molecule has 3 aromatic rings. The van der Waals surface area contributed by atoms with Crippen LogP contribution in [-0.2, 0) is 11.3 Å². The van der Waals surface area contributed by atoms with Gasteiger partial charge in [0.2, 0.25) is 5.91 Å². The smallest absolute Gasteiger partial charge is 0.237 e. The highest BCUT2D eigenvalue weighted by Crippen LogP contribution is 2.34. The molecule has 0 saturated carbocycles. The fourth-order valence-corrected chi connectivity index (χ4v) is 5.26. The van der Waals surface area contributed by atoms with E-state index in [-0.39, 0.29) is 29.0 Å². The van der Waals surface area contributed by atoms with Gasteiger partial charge in [-0.1, -0.05) is 30.0 Å². The number of hydrogen-bond acceptors (Lipinski definition) is 6. The summed E-state index contributed by atoms with van der Waals surface area (Å²) in [6.07, 6.45) is 0.747. The van der Waals surface area contributed by atoms with Crippen LogP contribution in [-0.4, -0.2) is 56.4 Å². The second-order valence-corrected chi connectivity index (χ2v) is 9.67. The number of thioether (sulfide) groups is 1. The summed E-state index contributed by atoms with van der Waals surface area (Å²) in [6.45, 7) is 7.70. The minimum Gasteiger partial charge on any atom is -0.504 e. The van der Waals surface area contributed by atoms with Gasteiger partial charge < -0.3 is 20.1 Å². The standard InChI is InChI=1S/C24H30N4O3S/c1-4-31-22-11-16(9-10-21(22)29)13-28-14-17(12-20(28)23(30)25-15(2)3)32-24-26-18-7-5-6-8-19(18)27-24/h5-11,15,17,20,29H,4,12-14H2,1-3H3,(H,25,30)(H,26,27)/t17-,20+/m1/s1. The van der Waals surface area contributed by atoms with Crippen LogP contribution in [0.1, 0.15) is 32.8 Å². The van der Waals surface area contributed by atoms with E-state index in [0.717, 1.165) is 34.7 Å². The fraction of sp³-hybridized carbons (Fsp3) is 0.417. The SMILES string of the molecule is CCOc1cc(CN2C[C@H](Sc3nc4ccccc4[nH]3)C[C@H]2C(=O)NC(C)C)ccc1O. The highest BCUT2D eigenvalue weighted by atomic mass is 32.2. The number of H-pyrrole nitrogens is 1. The molecule has 32 heavy (non-hydrogen) atoms. The molecule has 3 N–H and O–H groups in total. The van der Waals surface area contributed by atoms with Gasteiger partial charge in [-0.15, -0.1) is 0 Å². The molecular formula is C24H30N4O3S. The van der Waals surface area contributed by atoms with Crippen LogP contribution < -0.4 is 10.1 Å². The number of imidazole rings is 1. The van der Waals surface area contributed by atoms with E-state index < -0.39 is 0 Å². The van der Waals surface area contributed by atoms with Crippen molar-refractivity contribution in [2.24, 2.45) is 0 Å². The Morgan fingerprint density at radius 3 is 2.91 bits per heavy atom. The first-order chi connectivity index (χ1) is 15.4. The monoisotopic (exact) mass is 454 g/mol. The number of rotatable bonds is 8. The molecule has 2 heterocycles. The molecular weight excluding hydrogens is 424 g/mol. The van der Waals surface area contributed by atoms with E-state index >= 15 is 0 Å². The lowest BCUT2D eigenvalue weighted by molar-refractivity contribution is -0.126. The number of nitrogens with one attached hydrogen (secondary N) is 2. The number of amides is 1. The minimum absolute atomic E-state index is 0.0523. The van der Waals surface area contributed by atoms with Crippen LogP contribution in [0.4, 0.5) is 0 Å². The summed E-state index contributed by atoms with van der Waals surface area (Å²) < 4.78 is 5.53. The maximum Gasteiger partial charge on any atom is 0.237 e. The largest absolute Gasteiger partial charge is 0.504 e. The van der Waals surface area contributed by atoms with Gasteiger partial charge in [0, 0.05) is 24.4 Å². The number of aromatic nitrogens is 2. The van der Waals surface area contributed by atoms with Crippen molar-refractivity contribution in [2.75, 3.05) is 13.2 Å². The number of ether oxygens (including phenoxy) is 1. The van der Waals surface area contributed by atoms with Gasteiger partial charge in [0.15, 0.2) is 16.7 Å². The number of phenols is 1. The van der Waals surface area contributed by atoms with Crippen LogP contribution in [0.15, 0.2) is 47.6 Å². The first kappa shape index (κ1) is 22.5. The van der Waals surface area contributed by atoms with E-state index in [0.29, 0.717) is 18.9 Å². The molecule has 8 heteroatoms. The molecule has 4 rings (SSSR count). The number of phenolic OH excluding ortho intramolecular Hbond substituents is 1. The normalized spacial score (nSPS) is 19.0. The van der Waals surface area contributed by atoms with Gasteiger partial charge in [-0.3, -0.25) is 9.69 Å². The topological polar surface area (TPSA) is 90.5 Å². The fourth-order valence-electron chi connectivity index (χ4n) is 4.08. The van der Waals surface area contributed by atoms with Gasteiger partial charge in [-0.25, -0.2) is 4.98 Å². The van der Waals surface area contributed by atoms with E-state index in [9.17, 15) is 9.90 Å². The van der Waals surface area contributed by atoms with Crippen LogP contribution in [0.5, 0.6) is 11.5 Å². The zero-order valence-corrected chi connectivity index (χ0v) is 19.5. The molecule has 1 aliphatic heterocycles. The number of aromatic hydroxyl groups is 1. The predicted molar refractivity (Wildman–Crippen MR) is 127 cm³/mol. The lowest BCUT2D eigenvalue weighted by atomic mass is 10.1. The van der Waals surface area contributed by atoms with E-state index in [4.69, 9.17) is 4.74 Å². The minimum atomic E-state index is -0.219. The molecule has 0 aliphatic carbocycles. The second kappa shape index (κ2) is 9.83. The lowest BCUT2D eigenvalue weighted by Gasteiger charge is -2.24. The van der Waals surface area contributed by atoms with Crippen molar-refractivity contribution < 1.29 is 14.6 Å². The molecule has 2 atom stereocenters. The third-order valence-corrected chi connectivity index (χ3v) is 6.55. The van der Waals surface area contributed by atoms with Gasteiger partial charge in [0.25, 0.3) is 0 Å². The highest BCUT2D eigenvalue weighted by Gasteiger charge is 2.37. The predicted octanol–water partition coefficient (Wildman–Crippen LogP) is 3.93. The molecule has 1 aliphatic rings. The number of likely N-dealkylation sites (tertiary alicyclic amines) is 1. The Labute approximate surface area is 192 Å². The quantitative estimate of drug-likeness (QED) is 0.478. The summed E-state index contributed by atoms with van der Waals surface area (Å²) >= 11 is 1.69. The molecule has 170 valence electrons. The van der Waals surface area contributed by atoms with Crippen molar-refractivity contribution in [1.29, 1.82) is 0 Å². The van der Waals surface area contributed by atoms with Crippen LogP contribution in [0, 0.1) is 0 Å².